The van der Waals surface area contributed by atoms with Gasteiger partial charge in [-0.1, -0.05) is 30.7 Å². The van der Waals surface area contributed by atoms with Crippen LogP contribution in [0, 0.1) is 0 Å². The van der Waals surface area contributed by atoms with E-state index in [1.807, 2.05) is 31.2 Å². The molecule has 0 bridgehead atoms. The molecule has 0 saturated carbocycles. The largest absolute Gasteiger partial charge is 0.393 e. The second-order valence-corrected chi connectivity index (χ2v) is 3.33. The molecule has 2 heteroatoms. The maximum absolute atomic E-state index is 9.36. The Morgan fingerprint density at radius 1 is 1.50 bits per heavy atom. The van der Waals surface area contributed by atoms with Crippen LogP contribution < -0.4 is 0 Å². The van der Waals surface area contributed by atoms with Crippen LogP contribution in [-0.2, 0) is 6.42 Å². The van der Waals surface area contributed by atoms with Gasteiger partial charge in [0.05, 0.1) is 6.10 Å². The summed E-state index contributed by atoms with van der Waals surface area (Å²) in [5.74, 6) is 0. The zero-order chi connectivity index (χ0) is 8.97. The zero-order valence-corrected chi connectivity index (χ0v) is 7.88. The number of benzene rings is 1. The highest BCUT2D eigenvalue weighted by Gasteiger charge is 2.02. The molecular weight excluding hydrogens is 172 g/mol. The summed E-state index contributed by atoms with van der Waals surface area (Å²) >= 11 is 5.79. The smallest absolute Gasteiger partial charge is 0.0577 e. The number of halogens is 1. The van der Waals surface area contributed by atoms with E-state index in [-0.39, 0.29) is 6.10 Å². The van der Waals surface area contributed by atoms with Crippen LogP contribution in [0.5, 0.6) is 0 Å². The molecule has 1 nitrogen and oxygen atoms in total. The number of hydrogen-bond acceptors (Lipinski definition) is 1. The van der Waals surface area contributed by atoms with Gasteiger partial charge in [-0.2, -0.15) is 0 Å². The van der Waals surface area contributed by atoms with Gasteiger partial charge in [-0.15, -0.1) is 0 Å². The third kappa shape index (κ3) is 2.84. The molecule has 1 N–H and O–H groups in total. The Morgan fingerprint density at radius 2 is 2.25 bits per heavy atom. The quantitative estimate of drug-likeness (QED) is 0.766. The highest BCUT2D eigenvalue weighted by molar-refractivity contribution is 6.30. The lowest BCUT2D eigenvalue weighted by Crippen LogP contribution is -2.07. The van der Waals surface area contributed by atoms with Crippen LogP contribution >= 0.6 is 11.6 Å². The zero-order valence-electron chi connectivity index (χ0n) is 7.13. The van der Waals surface area contributed by atoms with Gasteiger partial charge >= 0.3 is 0 Å². The molecule has 0 heterocycles. The molecule has 0 aliphatic rings. The summed E-state index contributed by atoms with van der Waals surface area (Å²) in [6.45, 7) is 1.97. The van der Waals surface area contributed by atoms with Gasteiger partial charge in [0, 0.05) is 5.02 Å². The van der Waals surface area contributed by atoms with Gasteiger partial charge in [0.15, 0.2) is 0 Å². The van der Waals surface area contributed by atoms with Gasteiger partial charge in [-0.3, -0.25) is 0 Å². The van der Waals surface area contributed by atoms with E-state index < -0.39 is 0 Å². The number of aliphatic hydroxyl groups excluding tert-OH is 1. The molecule has 0 saturated heterocycles. The first kappa shape index (κ1) is 9.56. The molecule has 0 aliphatic carbocycles. The van der Waals surface area contributed by atoms with Crippen LogP contribution in [0.2, 0.25) is 5.02 Å². The van der Waals surface area contributed by atoms with Crippen molar-refractivity contribution in [1.29, 1.82) is 0 Å². The summed E-state index contributed by atoms with van der Waals surface area (Å²) in [6.07, 6.45) is 1.23. The van der Waals surface area contributed by atoms with Gasteiger partial charge in [-0.05, 0) is 30.5 Å². The molecular formula is C10H13ClO. The maximum Gasteiger partial charge on any atom is 0.0577 e. The fourth-order valence-corrected chi connectivity index (χ4v) is 1.29. The Labute approximate surface area is 78.0 Å². The van der Waals surface area contributed by atoms with Crippen molar-refractivity contribution in [3.05, 3.63) is 34.9 Å². The predicted octanol–water partition coefficient (Wildman–Crippen LogP) is 2.65. The van der Waals surface area contributed by atoms with Crippen molar-refractivity contribution in [1.82, 2.24) is 0 Å². The Balaban J connectivity index is 2.63. The van der Waals surface area contributed by atoms with Gasteiger partial charge < -0.3 is 5.11 Å². The molecule has 0 unspecified atom stereocenters. The van der Waals surface area contributed by atoms with E-state index in [0.717, 1.165) is 17.0 Å². The summed E-state index contributed by atoms with van der Waals surface area (Å²) in [5, 5.41) is 10.1. The molecule has 0 aliphatic heterocycles. The minimum atomic E-state index is -0.247. The highest BCUT2D eigenvalue weighted by Crippen LogP contribution is 2.12. The van der Waals surface area contributed by atoms with E-state index in [4.69, 9.17) is 11.6 Å². The minimum Gasteiger partial charge on any atom is -0.393 e. The summed E-state index contributed by atoms with van der Waals surface area (Å²) in [7, 11) is 0. The van der Waals surface area contributed by atoms with Crippen LogP contribution in [0.15, 0.2) is 24.3 Å². The molecule has 1 atom stereocenters. The highest BCUT2D eigenvalue weighted by atomic mass is 35.5. The summed E-state index contributed by atoms with van der Waals surface area (Å²) in [4.78, 5) is 0. The van der Waals surface area contributed by atoms with Crippen LogP contribution in [0.25, 0.3) is 0 Å². The average molecular weight is 185 g/mol. The van der Waals surface area contributed by atoms with Crippen LogP contribution in [-0.4, -0.2) is 11.2 Å². The first-order chi connectivity index (χ1) is 5.72. The molecule has 1 rings (SSSR count). The van der Waals surface area contributed by atoms with Crippen molar-refractivity contribution in [2.75, 3.05) is 0 Å². The second kappa shape index (κ2) is 4.48. The first-order valence-corrected chi connectivity index (χ1v) is 4.52. The molecule has 0 radical (unpaired) electrons. The topological polar surface area (TPSA) is 20.2 Å². The van der Waals surface area contributed by atoms with Crippen molar-refractivity contribution in [3.63, 3.8) is 0 Å². The molecule has 12 heavy (non-hydrogen) atoms. The van der Waals surface area contributed by atoms with Crippen molar-refractivity contribution < 1.29 is 5.11 Å². The normalized spacial score (nSPS) is 12.9. The van der Waals surface area contributed by atoms with Gasteiger partial charge in [0.2, 0.25) is 0 Å². The Morgan fingerprint density at radius 3 is 2.83 bits per heavy atom. The van der Waals surface area contributed by atoms with Crippen LogP contribution in [0.3, 0.4) is 0 Å². The standard InChI is InChI=1S/C10H13ClO/c1-2-10(12)7-8-4-3-5-9(11)6-8/h3-6,10,12H,2,7H2,1H3/t10-/m0/s1. The predicted molar refractivity (Wildman–Crippen MR) is 51.5 cm³/mol. The second-order valence-electron chi connectivity index (χ2n) is 2.90. The van der Waals surface area contributed by atoms with Crippen molar-refractivity contribution in [2.45, 2.75) is 25.9 Å². The SMILES string of the molecule is CC[C@H](O)Cc1cccc(Cl)c1. The summed E-state index contributed by atoms with van der Waals surface area (Å²) in [5.41, 5.74) is 1.09. The van der Waals surface area contributed by atoms with E-state index in [2.05, 4.69) is 0 Å². The molecule has 0 spiro atoms. The molecule has 0 aromatic heterocycles. The van der Waals surface area contributed by atoms with Gasteiger partial charge in [-0.25, -0.2) is 0 Å². The lowest BCUT2D eigenvalue weighted by Gasteiger charge is -2.06. The maximum atomic E-state index is 9.36. The molecule has 66 valence electrons. The third-order valence-electron chi connectivity index (χ3n) is 1.83. The summed E-state index contributed by atoms with van der Waals surface area (Å²) < 4.78 is 0. The van der Waals surface area contributed by atoms with E-state index in [0.29, 0.717) is 6.42 Å². The van der Waals surface area contributed by atoms with E-state index in [1.54, 1.807) is 0 Å². The molecule has 0 amide bonds. The Bertz CT molecular complexity index is 247. The van der Waals surface area contributed by atoms with Crippen molar-refractivity contribution >= 4 is 11.6 Å². The molecule has 1 aromatic carbocycles. The Hall–Kier alpha value is -0.530. The lowest BCUT2D eigenvalue weighted by atomic mass is 10.1. The number of rotatable bonds is 3. The molecule has 1 aromatic rings. The minimum absolute atomic E-state index is 0.247. The van der Waals surface area contributed by atoms with Crippen LogP contribution in [0.4, 0.5) is 0 Å². The fourth-order valence-electron chi connectivity index (χ4n) is 1.08. The number of aliphatic hydroxyl groups is 1. The van der Waals surface area contributed by atoms with Crippen molar-refractivity contribution in [3.8, 4) is 0 Å². The Kier molecular flexibility index (Phi) is 3.57. The molecule has 0 fully saturated rings. The first-order valence-electron chi connectivity index (χ1n) is 4.15. The summed E-state index contributed by atoms with van der Waals surface area (Å²) in [6, 6.07) is 7.61. The monoisotopic (exact) mass is 184 g/mol. The van der Waals surface area contributed by atoms with Gasteiger partial charge in [0.1, 0.15) is 0 Å². The lowest BCUT2D eigenvalue weighted by molar-refractivity contribution is 0.171. The van der Waals surface area contributed by atoms with E-state index >= 15 is 0 Å². The van der Waals surface area contributed by atoms with E-state index in [9.17, 15) is 5.11 Å². The van der Waals surface area contributed by atoms with Crippen molar-refractivity contribution in [2.24, 2.45) is 0 Å². The fraction of sp³-hybridized carbons (Fsp3) is 0.400. The van der Waals surface area contributed by atoms with Gasteiger partial charge in [0.25, 0.3) is 0 Å². The average Bonchev–Trinajstić information content (AvgIpc) is 2.04. The third-order valence-corrected chi connectivity index (χ3v) is 2.07. The van der Waals surface area contributed by atoms with Crippen LogP contribution in [0.1, 0.15) is 18.9 Å². The van der Waals surface area contributed by atoms with E-state index in [1.165, 1.54) is 0 Å². The number of hydrogen-bond donors (Lipinski definition) is 1.